The fourth-order valence-electron chi connectivity index (χ4n) is 2.43. The number of amides is 2. The van der Waals surface area contributed by atoms with Gasteiger partial charge in [0, 0.05) is 18.4 Å². The lowest BCUT2D eigenvalue weighted by atomic mass is 10.3. The van der Waals surface area contributed by atoms with E-state index in [2.05, 4.69) is 20.7 Å². The second-order valence-electron chi connectivity index (χ2n) is 5.69. The minimum absolute atomic E-state index is 0.292. The highest BCUT2D eigenvalue weighted by Crippen LogP contribution is 2.40. The van der Waals surface area contributed by atoms with Gasteiger partial charge in [0.05, 0.1) is 35.9 Å². The summed E-state index contributed by atoms with van der Waals surface area (Å²) in [5.41, 5.74) is 3.52. The number of urea groups is 1. The summed E-state index contributed by atoms with van der Waals surface area (Å²) in [6, 6.07) is -0.292. The molecule has 2 aromatic rings. The lowest BCUT2D eigenvalue weighted by molar-refractivity contribution is 0.182. The molecule has 8 heteroatoms. The normalized spacial score (nSPS) is 14.0. The first-order valence-electron chi connectivity index (χ1n) is 7.65. The van der Waals surface area contributed by atoms with Crippen molar-refractivity contribution in [2.45, 2.75) is 39.2 Å². The lowest BCUT2D eigenvalue weighted by Gasteiger charge is -2.07. The molecule has 2 N–H and O–H groups in total. The number of methoxy groups -OCH3 is 1. The van der Waals surface area contributed by atoms with Gasteiger partial charge in [-0.2, -0.15) is 5.10 Å². The van der Waals surface area contributed by atoms with Gasteiger partial charge >= 0.3 is 6.03 Å². The number of carbonyl (C=O) groups is 1. The molecule has 2 amide bonds. The minimum atomic E-state index is -0.292. The Kier molecular flexibility index (Phi) is 4.63. The van der Waals surface area contributed by atoms with Crippen molar-refractivity contribution < 1.29 is 9.53 Å². The van der Waals surface area contributed by atoms with E-state index in [0.29, 0.717) is 24.2 Å². The zero-order chi connectivity index (χ0) is 16.4. The van der Waals surface area contributed by atoms with Crippen LogP contribution in [0.5, 0.6) is 0 Å². The molecule has 1 aliphatic carbocycles. The molecule has 0 atom stereocenters. The van der Waals surface area contributed by atoms with Crippen LogP contribution in [0.15, 0.2) is 5.38 Å². The maximum Gasteiger partial charge on any atom is 0.325 e. The van der Waals surface area contributed by atoms with Crippen molar-refractivity contribution in [2.24, 2.45) is 0 Å². The number of carbonyl (C=O) groups excluding carboxylic acids is 1. The molecule has 0 aliphatic heterocycles. The van der Waals surface area contributed by atoms with E-state index < -0.39 is 0 Å². The molecule has 0 saturated heterocycles. The van der Waals surface area contributed by atoms with E-state index >= 15 is 0 Å². The zero-order valence-electron chi connectivity index (χ0n) is 13.5. The Bertz CT molecular complexity index is 705. The van der Waals surface area contributed by atoms with E-state index in [-0.39, 0.29) is 6.03 Å². The number of aryl methyl sites for hydroxylation is 1. The molecule has 23 heavy (non-hydrogen) atoms. The Morgan fingerprint density at radius 2 is 2.22 bits per heavy atom. The van der Waals surface area contributed by atoms with Crippen molar-refractivity contribution in [2.75, 3.05) is 24.4 Å². The van der Waals surface area contributed by atoms with E-state index in [4.69, 9.17) is 4.74 Å². The molecule has 3 rings (SSSR count). The summed E-state index contributed by atoms with van der Waals surface area (Å²) in [5.74, 6) is 0.591. The van der Waals surface area contributed by atoms with Crippen molar-refractivity contribution in [1.82, 2.24) is 14.8 Å². The fourth-order valence-corrected chi connectivity index (χ4v) is 3.21. The molecular formula is C15H21N5O2S. The van der Waals surface area contributed by atoms with Crippen molar-refractivity contribution in [3.63, 3.8) is 0 Å². The van der Waals surface area contributed by atoms with E-state index in [0.717, 1.165) is 22.8 Å². The zero-order valence-corrected chi connectivity index (χ0v) is 14.4. The van der Waals surface area contributed by atoms with Crippen LogP contribution >= 0.6 is 11.3 Å². The van der Waals surface area contributed by atoms with Crippen molar-refractivity contribution in [1.29, 1.82) is 0 Å². The van der Waals surface area contributed by atoms with Crippen LogP contribution < -0.4 is 10.6 Å². The van der Waals surface area contributed by atoms with Crippen LogP contribution in [0.2, 0.25) is 0 Å². The SMILES string of the molecule is COCCn1nc(C)c(NC(=O)Nc2nc(C3CC3)cs2)c1C. The van der Waals surface area contributed by atoms with Crippen LogP contribution in [-0.4, -0.2) is 34.5 Å². The highest BCUT2D eigenvalue weighted by Gasteiger charge is 2.26. The molecule has 0 spiro atoms. The van der Waals surface area contributed by atoms with E-state index in [1.807, 2.05) is 23.9 Å². The second-order valence-corrected chi connectivity index (χ2v) is 6.55. The molecular weight excluding hydrogens is 314 g/mol. The van der Waals surface area contributed by atoms with E-state index in [1.165, 1.54) is 24.2 Å². The third kappa shape index (κ3) is 3.70. The number of rotatable bonds is 6. The van der Waals surface area contributed by atoms with Crippen LogP contribution in [0.1, 0.15) is 35.8 Å². The summed E-state index contributed by atoms with van der Waals surface area (Å²) in [4.78, 5) is 16.6. The molecule has 0 unspecified atom stereocenters. The van der Waals surface area contributed by atoms with Gasteiger partial charge < -0.3 is 10.1 Å². The molecule has 124 valence electrons. The molecule has 2 aromatic heterocycles. The first kappa shape index (κ1) is 15.9. The molecule has 1 saturated carbocycles. The number of anilines is 2. The highest BCUT2D eigenvalue weighted by molar-refractivity contribution is 7.14. The molecule has 1 fully saturated rings. The molecule has 7 nitrogen and oxygen atoms in total. The highest BCUT2D eigenvalue weighted by atomic mass is 32.1. The quantitative estimate of drug-likeness (QED) is 0.850. The topological polar surface area (TPSA) is 81.1 Å². The average Bonchev–Trinajstić information content (AvgIpc) is 3.22. The molecule has 0 bridgehead atoms. The molecule has 0 aromatic carbocycles. The second kappa shape index (κ2) is 6.67. The molecule has 1 aliphatic rings. The largest absolute Gasteiger partial charge is 0.383 e. The summed E-state index contributed by atoms with van der Waals surface area (Å²) in [7, 11) is 1.65. The van der Waals surface area contributed by atoms with Gasteiger partial charge in [0.25, 0.3) is 0 Å². The standard InChI is InChI=1S/C15H21N5O2S/c1-9-13(10(2)20(19-9)6-7-22-3)17-14(21)18-15-16-12(8-23-15)11-4-5-11/h8,11H,4-7H2,1-3H3,(H2,16,17,18,21). The van der Waals surface area contributed by atoms with Crippen LogP contribution in [0.3, 0.4) is 0 Å². The number of nitrogens with zero attached hydrogens (tertiary/aromatic N) is 3. The fraction of sp³-hybridized carbons (Fsp3) is 0.533. The van der Waals surface area contributed by atoms with Crippen LogP contribution in [-0.2, 0) is 11.3 Å². The monoisotopic (exact) mass is 335 g/mol. The Morgan fingerprint density at radius 3 is 2.91 bits per heavy atom. The van der Waals surface area contributed by atoms with Crippen LogP contribution in [0.4, 0.5) is 15.6 Å². The molecule has 2 heterocycles. The predicted molar refractivity (Wildman–Crippen MR) is 90.3 cm³/mol. The number of hydrogen-bond acceptors (Lipinski definition) is 5. The van der Waals surface area contributed by atoms with Gasteiger partial charge in [-0.25, -0.2) is 9.78 Å². The van der Waals surface area contributed by atoms with E-state index in [1.54, 1.807) is 7.11 Å². The van der Waals surface area contributed by atoms with Gasteiger partial charge in [0.15, 0.2) is 5.13 Å². The number of aromatic nitrogens is 3. The number of ether oxygens (including phenoxy) is 1. The summed E-state index contributed by atoms with van der Waals surface area (Å²) in [5, 5.41) is 12.7. The van der Waals surface area contributed by atoms with Crippen LogP contribution in [0, 0.1) is 13.8 Å². The average molecular weight is 335 g/mol. The minimum Gasteiger partial charge on any atom is -0.383 e. The first-order valence-corrected chi connectivity index (χ1v) is 8.53. The summed E-state index contributed by atoms with van der Waals surface area (Å²) >= 11 is 1.46. The third-order valence-electron chi connectivity index (χ3n) is 3.87. The van der Waals surface area contributed by atoms with E-state index in [9.17, 15) is 4.79 Å². The summed E-state index contributed by atoms with van der Waals surface area (Å²) < 4.78 is 6.91. The lowest BCUT2D eigenvalue weighted by Crippen LogP contribution is -2.20. The maximum absolute atomic E-state index is 12.2. The van der Waals surface area contributed by atoms with Gasteiger partial charge in [0.1, 0.15) is 0 Å². The number of hydrogen-bond donors (Lipinski definition) is 2. The van der Waals surface area contributed by atoms with Crippen LogP contribution in [0.25, 0.3) is 0 Å². The van der Waals surface area contributed by atoms with Crippen molar-refractivity contribution in [3.8, 4) is 0 Å². The van der Waals surface area contributed by atoms with Gasteiger partial charge in [-0.3, -0.25) is 10.00 Å². The predicted octanol–water partition coefficient (Wildman–Crippen LogP) is 3.12. The Morgan fingerprint density at radius 1 is 1.43 bits per heavy atom. The Labute approximate surface area is 139 Å². The maximum atomic E-state index is 12.2. The molecule has 0 radical (unpaired) electrons. The summed E-state index contributed by atoms with van der Waals surface area (Å²) in [6.07, 6.45) is 2.41. The van der Waals surface area contributed by atoms with Gasteiger partial charge in [-0.15, -0.1) is 11.3 Å². The number of nitrogens with one attached hydrogen (secondary N) is 2. The Hall–Kier alpha value is -1.93. The van der Waals surface area contributed by atoms with Crippen molar-refractivity contribution in [3.05, 3.63) is 22.5 Å². The first-order chi connectivity index (χ1) is 11.1. The third-order valence-corrected chi connectivity index (χ3v) is 4.64. The van der Waals surface area contributed by atoms with Gasteiger partial charge in [-0.05, 0) is 26.7 Å². The smallest absolute Gasteiger partial charge is 0.325 e. The number of thiazole rings is 1. The van der Waals surface area contributed by atoms with Gasteiger partial charge in [0.2, 0.25) is 0 Å². The van der Waals surface area contributed by atoms with Gasteiger partial charge in [-0.1, -0.05) is 0 Å². The van der Waals surface area contributed by atoms with Crippen molar-refractivity contribution >= 4 is 28.2 Å². The summed E-state index contributed by atoms with van der Waals surface area (Å²) in [6.45, 7) is 5.04. The Balaban J connectivity index is 1.63.